The number of nitrogens with zero attached hydrogens (tertiary/aromatic N) is 4. The molecule has 0 amide bonds. The molecule has 0 spiro atoms. The van der Waals surface area contributed by atoms with E-state index in [4.69, 9.17) is 28.8 Å². The molecule has 0 radical (unpaired) electrons. The molecule has 0 unspecified atom stereocenters. The molecule has 0 saturated carbocycles. The number of furan rings is 1. The lowest BCUT2D eigenvalue weighted by molar-refractivity contribution is 0.620. The van der Waals surface area contributed by atoms with Crippen molar-refractivity contribution in [2.75, 3.05) is 0 Å². The van der Waals surface area contributed by atoms with Crippen LogP contribution in [-0.2, 0) is 0 Å². The topological polar surface area (TPSA) is 77.8 Å². The first kappa shape index (κ1) is 30.2. The monoisotopic (exact) mass is 692 g/mol. The van der Waals surface area contributed by atoms with Crippen molar-refractivity contribution < 1.29 is 8.83 Å². The number of hydrogen-bond acceptors (Lipinski definition) is 6. The van der Waals surface area contributed by atoms with E-state index in [1.165, 1.54) is 27.1 Å². The van der Waals surface area contributed by atoms with Gasteiger partial charge < -0.3 is 8.83 Å². The first-order valence-corrected chi connectivity index (χ1v) is 17.9. The number of benzene rings is 8. The Balaban J connectivity index is 1.14. The molecule has 11 aromatic rings. The Kier molecular flexibility index (Phi) is 6.75. The van der Waals surface area contributed by atoms with Crippen LogP contribution in [0.5, 0.6) is 0 Å². The summed E-state index contributed by atoms with van der Waals surface area (Å²) in [5.74, 6) is 2.09. The van der Waals surface area contributed by atoms with Gasteiger partial charge in [-0.3, -0.25) is 0 Å². The summed E-state index contributed by atoms with van der Waals surface area (Å²) in [6.45, 7) is 0. The molecule has 0 atom stereocenters. The first-order chi connectivity index (χ1) is 26.7. The molecule has 0 bridgehead atoms. The maximum Gasteiger partial charge on any atom is 0.227 e. The minimum Gasteiger partial charge on any atom is -0.456 e. The molecule has 0 aliphatic heterocycles. The molecular formula is C48H28N4O2. The van der Waals surface area contributed by atoms with E-state index in [9.17, 15) is 0 Å². The summed E-state index contributed by atoms with van der Waals surface area (Å²) in [5.41, 5.74) is 8.32. The van der Waals surface area contributed by atoms with Gasteiger partial charge in [-0.05, 0) is 56.9 Å². The van der Waals surface area contributed by atoms with Gasteiger partial charge in [0.05, 0.1) is 5.56 Å². The zero-order chi connectivity index (χ0) is 35.6. The molecule has 8 aromatic carbocycles. The fourth-order valence-corrected chi connectivity index (χ4v) is 7.61. The quantitative estimate of drug-likeness (QED) is 0.167. The van der Waals surface area contributed by atoms with Crippen molar-refractivity contribution in [1.82, 2.24) is 19.9 Å². The summed E-state index contributed by atoms with van der Waals surface area (Å²) in [5, 5.41) is 6.71. The maximum absolute atomic E-state index is 6.63. The lowest BCUT2D eigenvalue weighted by atomic mass is 9.93. The molecule has 0 saturated heterocycles. The molecule has 0 aliphatic carbocycles. The summed E-state index contributed by atoms with van der Waals surface area (Å²) < 4.78 is 13.1. The van der Waals surface area contributed by atoms with E-state index in [-0.39, 0.29) is 0 Å². The predicted octanol–water partition coefficient (Wildman–Crippen LogP) is 12.6. The predicted molar refractivity (Wildman–Crippen MR) is 217 cm³/mol. The Hall–Kier alpha value is -7.44. The average molecular weight is 693 g/mol. The third-order valence-electron chi connectivity index (χ3n) is 10.2. The van der Waals surface area contributed by atoms with Gasteiger partial charge in [-0.2, -0.15) is 0 Å². The van der Waals surface area contributed by atoms with Gasteiger partial charge in [-0.25, -0.2) is 19.9 Å². The van der Waals surface area contributed by atoms with E-state index in [0.717, 1.165) is 38.6 Å². The van der Waals surface area contributed by atoms with E-state index in [0.29, 0.717) is 45.6 Å². The second kappa shape index (κ2) is 12.1. The van der Waals surface area contributed by atoms with E-state index in [1.807, 2.05) is 84.9 Å². The van der Waals surface area contributed by atoms with Crippen molar-refractivity contribution >= 4 is 54.6 Å². The molecule has 6 nitrogen and oxygen atoms in total. The highest BCUT2D eigenvalue weighted by Crippen LogP contribution is 2.43. The van der Waals surface area contributed by atoms with Crippen LogP contribution in [0.2, 0.25) is 0 Å². The van der Waals surface area contributed by atoms with Crippen LogP contribution in [0.4, 0.5) is 0 Å². The zero-order valence-electron chi connectivity index (χ0n) is 28.8. The summed E-state index contributed by atoms with van der Waals surface area (Å²) in [6, 6.07) is 57.8. The number of fused-ring (bicyclic) bond motifs is 7. The van der Waals surface area contributed by atoms with Gasteiger partial charge in [0, 0.05) is 33.5 Å². The van der Waals surface area contributed by atoms with Crippen molar-refractivity contribution in [3.05, 3.63) is 170 Å². The van der Waals surface area contributed by atoms with Gasteiger partial charge in [0.1, 0.15) is 16.7 Å². The number of hydrogen-bond donors (Lipinski definition) is 0. The smallest absolute Gasteiger partial charge is 0.227 e. The van der Waals surface area contributed by atoms with Crippen LogP contribution in [0.3, 0.4) is 0 Å². The van der Waals surface area contributed by atoms with Gasteiger partial charge in [0.15, 0.2) is 23.1 Å². The van der Waals surface area contributed by atoms with Crippen LogP contribution >= 0.6 is 0 Å². The summed E-state index contributed by atoms with van der Waals surface area (Å²) in [7, 11) is 0. The second-order valence-electron chi connectivity index (χ2n) is 13.4. The van der Waals surface area contributed by atoms with Gasteiger partial charge in [0.2, 0.25) is 5.89 Å². The lowest BCUT2D eigenvalue weighted by Crippen LogP contribution is -2.00. The van der Waals surface area contributed by atoms with Crippen LogP contribution in [-0.4, -0.2) is 19.9 Å². The van der Waals surface area contributed by atoms with Gasteiger partial charge >= 0.3 is 0 Å². The van der Waals surface area contributed by atoms with Crippen LogP contribution in [0.1, 0.15) is 0 Å². The van der Waals surface area contributed by atoms with Crippen LogP contribution in [0, 0.1) is 0 Å². The van der Waals surface area contributed by atoms with Crippen molar-refractivity contribution in [3.8, 4) is 56.7 Å². The fraction of sp³-hybridized carbons (Fsp3) is 0. The normalized spacial score (nSPS) is 11.7. The summed E-state index contributed by atoms with van der Waals surface area (Å²) in [4.78, 5) is 20.3. The Labute approximate surface area is 309 Å². The lowest BCUT2D eigenvalue weighted by Gasteiger charge is -2.12. The van der Waals surface area contributed by atoms with Crippen LogP contribution in [0.25, 0.3) is 111 Å². The average Bonchev–Trinajstić information content (AvgIpc) is 3.84. The number of oxazole rings is 1. The Morgan fingerprint density at radius 2 is 0.944 bits per heavy atom. The summed E-state index contributed by atoms with van der Waals surface area (Å²) in [6.07, 6.45) is 0. The SMILES string of the molecule is c1ccc(-c2nc(-c3ccc(-c4cc5ccccc5c5ccccc45)cc3)nc(-c3c4oc(-c5ccccc5)nc4cc4oc5ccccc5c34)n2)cc1. The molecule has 3 heterocycles. The van der Waals surface area contributed by atoms with Gasteiger partial charge in [-0.1, -0.05) is 140 Å². The molecule has 54 heavy (non-hydrogen) atoms. The number of para-hydroxylation sites is 1. The standard InChI is InChI=1S/C48H28N4O2/c1-3-13-30(14-4-1)45-50-46(31-25-23-29(24-26-31)38-27-33-17-7-8-18-34(33)35-19-9-10-20-36(35)38)52-47(51-45)43-42-37-21-11-12-22-40(37)53-41(42)28-39-44(43)54-48(49-39)32-15-5-2-6-16-32/h1-28H. The minimum atomic E-state index is 0.473. The van der Waals surface area contributed by atoms with E-state index >= 15 is 0 Å². The number of rotatable bonds is 5. The molecule has 0 aliphatic rings. The second-order valence-corrected chi connectivity index (χ2v) is 13.4. The highest BCUT2D eigenvalue weighted by molar-refractivity contribution is 6.18. The first-order valence-electron chi connectivity index (χ1n) is 17.9. The van der Waals surface area contributed by atoms with E-state index in [1.54, 1.807) is 0 Å². The molecule has 0 fully saturated rings. The third-order valence-corrected chi connectivity index (χ3v) is 10.2. The Morgan fingerprint density at radius 3 is 1.70 bits per heavy atom. The highest BCUT2D eigenvalue weighted by atomic mass is 16.4. The third kappa shape index (κ3) is 4.89. The largest absolute Gasteiger partial charge is 0.456 e. The van der Waals surface area contributed by atoms with E-state index in [2.05, 4.69) is 84.9 Å². The highest BCUT2D eigenvalue weighted by Gasteiger charge is 2.25. The molecular weight excluding hydrogens is 665 g/mol. The van der Waals surface area contributed by atoms with Crippen LogP contribution in [0.15, 0.2) is 179 Å². The summed E-state index contributed by atoms with van der Waals surface area (Å²) >= 11 is 0. The van der Waals surface area contributed by atoms with Gasteiger partial charge in [-0.15, -0.1) is 0 Å². The van der Waals surface area contributed by atoms with E-state index < -0.39 is 0 Å². The molecule has 252 valence electrons. The van der Waals surface area contributed by atoms with Gasteiger partial charge in [0.25, 0.3) is 0 Å². The molecule has 11 rings (SSSR count). The molecule has 6 heteroatoms. The minimum absolute atomic E-state index is 0.473. The van der Waals surface area contributed by atoms with Crippen molar-refractivity contribution in [2.45, 2.75) is 0 Å². The molecule has 0 N–H and O–H groups in total. The van der Waals surface area contributed by atoms with Crippen molar-refractivity contribution in [1.29, 1.82) is 0 Å². The fourth-order valence-electron chi connectivity index (χ4n) is 7.61. The van der Waals surface area contributed by atoms with Crippen molar-refractivity contribution in [3.63, 3.8) is 0 Å². The van der Waals surface area contributed by atoms with Crippen LogP contribution < -0.4 is 0 Å². The zero-order valence-corrected chi connectivity index (χ0v) is 28.8. The maximum atomic E-state index is 6.63. The number of aromatic nitrogens is 4. The Morgan fingerprint density at radius 1 is 0.370 bits per heavy atom. The van der Waals surface area contributed by atoms with Crippen molar-refractivity contribution in [2.24, 2.45) is 0 Å². The molecule has 3 aromatic heterocycles. The Bertz CT molecular complexity index is 3200.